The summed E-state index contributed by atoms with van der Waals surface area (Å²) in [6.45, 7) is 7.18. The van der Waals surface area contributed by atoms with Crippen molar-refractivity contribution in [3.63, 3.8) is 0 Å². The number of hydrogen-bond donors (Lipinski definition) is 1. The molecule has 0 aliphatic carbocycles. The van der Waals surface area contributed by atoms with Gasteiger partial charge < -0.3 is 10.2 Å². The standard InChI is InChI=1S/C30H36ClN3O4S/c1-22-13-9-10-16-24(22)20-33(27(29(36)32-30(2,3)4)19-23-14-7-6-8-15-23)28(35)21-34(39(5,37)38)26-18-12-11-17-25(26)31/h6-18,27H,19-21H2,1-5H3,(H,32,36)/t27-/m0/s1. The normalized spacial score (nSPS) is 12.5. The van der Waals surface area contributed by atoms with Crippen LogP contribution in [0.2, 0.25) is 5.02 Å². The maximum Gasteiger partial charge on any atom is 0.244 e. The molecule has 0 bridgehead atoms. The predicted octanol–water partition coefficient (Wildman–Crippen LogP) is 4.97. The van der Waals surface area contributed by atoms with Gasteiger partial charge in [-0.25, -0.2) is 8.42 Å². The Kier molecular flexibility index (Phi) is 9.80. The summed E-state index contributed by atoms with van der Waals surface area (Å²) >= 11 is 6.34. The van der Waals surface area contributed by atoms with E-state index in [2.05, 4.69) is 5.32 Å². The van der Waals surface area contributed by atoms with Crippen LogP contribution in [0.15, 0.2) is 78.9 Å². The van der Waals surface area contributed by atoms with Crippen LogP contribution in [0.5, 0.6) is 0 Å². The number of hydrogen-bond acceptors (Lipinski definition) is 4. The highest BCUT2D eigenvalue weighted by molar-refractivity contribution is 7.92. The van der Waals surface area contributed by atoms with E-state index in [1.807, 2.05) is 82.3 Å². The molecule has 2 amide bonds. The molecule has 0 aliphatic rings. The van der Waals surface area contributed by atoms with Crippen molar-refractivity contribution in [2.24, 2.45) is 0 Å². The Morgan fingerprint density at radius 3 is 2.10 bits per heavy atom. The van der Waals surface area contributed by atoms with Gasteiger partial charge in [-0.2, -0.15) is 0 Å². The summed E-state index contributed by atoms with van der Waals surface area (Å²) in [5.74, 6) is -0.842. The highest BCUT2D eigenvalue weighted by Gasteiger charge is 2.34. The molecule has 3 aromatic carbocycles. The van der Waals surface area contributed by atoms with Crippen molar-refractivity contribution >= 4 is 39.1 Å². The van der Waals surface area contributed by atoms with Crippen molar-refractivity contribution < 1.29 is 18.0 Å². The fourth-order valence-electron chi connectivity index (χ4n) is 4.23. The summed E-state index contributed by atoms with van der Waals surface area (Å²) in [6, 6.07) is 22.6. The Balaban J connectivity index is 2.10. The minimum absolute atomic E-state index is 0.126. The largest absolute Gasteiger partial charge is 0.350 e. The number of carbonyl (C=O) groups is 2. The fourth-order valence-corrected chi connectivity index (χ4v) is 5.38. The first-order chi connectivity index (χ1) is 18.3. The molecule has 0 aromatic heterocycles. The topological polar surface area (TPSA) is 86.8 Å². The van der Waals surface area contributed by atoms with Gasteiger partial charge in [0.05, 0.1) is 17.0 Å². The lowest BCUT2D eigenvalue weighted by Gasteiger charge is -2.35. The zero-order chi connectivity index (χ0) is 28.8. The molecule has 39 heavy (non-hydrogen) atoms. The van der Waals surface area contributed by atoms with E-state index in [4.69, 9.17) is 11.6 Å². The number of para-hydroxylation sites is 1. The first-order valence-electron chi connectivity index (χ1n) is 12.7. The number of sulfonamides is 1. The number of carbonyl (C=O) groups excluding carboxylic acids is 2. The maximum atomic E-state index is 14.1. The summed E-state index contributed by atoms with van der Waals surface area (Å²) in [7, 11) is -3.88. The van der Waals surface area contributed by atoms with E-state index >= 15 is 0 Å². The molecule has 0 aliphatic heterocycles. The van der Waals surface area contributed by atoms with Crippen LogP contribution in [0.25, 0.3) is 0 Å². The van der Waals surface area contributed by atoms with E-state index in [0.717, 1.165) is 27.3 Å². The van der Waals surface area contributed by atoms with E-state index in [-0.39, 0.29) is 29.6 Å². The third-order valence-corrected chi connectivity index (χ3v) is 7.62. The molecular formula is C30H36ClN3O4S. The van der Waals surface area contributed by atoms with Crippen molar-refractivity contribution in [3.8, 4) is 0 Å². The second kappa shape index (κ2) is 12.7. The van der Waals surface area contributed by atoms with Gasteiger partial charge >= 0.3 is 0 Å². The van der Waals surface area contributed by atoms with E-state index in [1.54, 1.807) is 24.3 Å². The van der Waals surface area contributed by atoms with Gasteiger partial charge in [0.25, 0.3) is 0 Å². The minimum atomic E-state index is -3.88. The second-order valence-electron chi connectivity index (χ2n) is 10.6. The van der Waals surface area contributed by atoms with Crippen molar-refractivity contribution in [3.05, 3.63) is 101 Å². The molecule has 1 atom stereocenters. The molecule has 3 aromatic rings. The zero-order valence-electron chi connectivity index (χ0n) is 23.0. The van der Waals surface area contributed by atoms with Crippen LogP contribution in [-0.2, 0) is 32.6 Å². The lowest BCUT2D eigenvalue weighted by molar-refractivity contribution is -0.140. The summed E-state index contributed by atoms with van der Waals surface area (Å²) in [5, 5.41) is 3.22. The van der Waals surface area contributed by atoms with Gasteiger partial charge in [-0.1, -0.05) is 78.3 Å². The SMILES string of the molecule is Cc1ccccc1CN(C(=O)CN(c1ccccc1Cl)S(C)(=O)=O)[C@@H](Cc1ccccc1)C(=O)NC(C)(C)C. The Hall–Kier alpha value is -3.36. The van der Waals surface area contributed by atoms with Gasteiger partial charge in [0.1, 0.15) is 12.6 Å². The number of nitrogens with zero attached hydrogens (tertiary/aromatic N) is 2. The number of aryl methyl sites for hydroxylation is 1. The van der Waals surface area contributed by atoms with E-state index in [1.165, 1.54) is 4.90 Å². The van der Waals surface area contributed by atoms with Crippen LogP contribution in [-0.4, -0.2) is 49.5 Å². The van der Waals surface area contributed by atoms with E-state index in [9.17, 15) is 18.0 Å². The molecule has 0 unspecified atom stereocenters. The number of nitrogens with one attached hydrogen (secondary N) is 1. The van der Waals surface area contributed by atoms with Gasteiger partial charge in [-0.3, -0.25) is 13.9 Å². The molecule has 0 radical (unpaired) electrons. The molecular weight excluding hydrogens is 534 g/mol. The fraction of sp³-hybridized carbons (Fsp3) is 0.333. The highest BCUT2D eigenvalue weighted by atomic mass is 35.5. The number of rotatable bonds is 10. The van der Waals surface area contributed by atoms with Crippen LogP contribution in [0, 0.1) is 6.92 Å². The van der Waals surface area contributed by atoms with E-state index in [0.29, 0.717) is 0 Å². The summed E-state index contributed by atoms with van der Waals surface area (Å²) < 4.78 is 26.7. The van der Waals surface area contributed by atoms with Crippen molar-refractivity contribution in [2.45, 2.75) is 52.2 Å². The highest BCUT2D eigenvalue weighted by Crippen LogP contribution is 2.28. The summed E-state index contributed by atoms with van der Waals surface area (Å²) in [5.41, 5.74) is 2.34. The molecule has 9 heteroatoms. The smallest absolute Gasteiger partial charge is 0.244 e. The first kappa shape index (κ1) is 30.2. The molecule has 0 heterocycles. The zero-order valence-corrected chi connectivity index (χ0v) is 24.6. The number of halogens is 1. The molecule has 7 nitrogen and oxygen atoms in total. The van der Waals surface area contributed by atoms with Crippen LogP contribution >= 0.6 is 11.6 Å². The molecule has 0 fully saturated rings. The van der Waals surface area contributed by atoms with Gasteiger partial charge in [0.15, 0.2) is 0 Å². The molecule has 0 saturated heterocycles. The third-order valence-electron chi connectivity index (χ3n) is 6.17. The van der Waals surface area contributed by atoms with Gasteiger partial charge in [0, 0.05) is 18.5 Å². The average molecular weight is 570 g/mol. The quantitative estimate of drug-likeness (QED) is 0.373. The minimum Gasteiger partial charge on any atom is -0.350 e. The Morgan fingerprint density at radius 1 is 0.923 bits per heavy atom. The third kappa shape index (κ3) is 8.57. The van der Waals surface area contributed by atoms with Crippen LogP contribution < -0.4 is 9.62 Å². The number of anilines is 1. The number of benzene rings is 3. The Labute approximate surface area is 236 Å². The monoisotopic (exact) mass is 569 g/mol. The molecule has 208 valence electrons. The summed E-state index contributed by atoms with van der Waals surface area (Å²) in [6.07, 6.45) is 1.29. The Morgan fingerprint density at radius 2 is 1.51 bits per heavy atom. The molecule has 0 saturated carbocycles. The molecule has 1 N–H and O–H groups in total. The van der Waals surface area contributed by atoms with Crippen LogP contribution in [0.4, 0.5) is 5.69 Å². The lowest BCUT2D eigenvalue weighted by atomic mass is 10.00. The van der Waals surface area contributed by atoms with Crippen molar-refractivity contribution in [2.75, 3.05) is 17.1 Å². The maximum absolute atomic E-state index is 14.1. The molecule has 0 spiro atoms. The number of amides is 2. The van der Waals surface area contributed by atoms with Crippen LogP contribution in [0.3, 0.4) is 0 Å². The van der Waals surface area contributed by atoms with Gasteiger partial charge in [-0.05, 0) is 56.5 Å². The average Bonchev–Trinajstić information content (AvgIpc) is 2.85. The Bertz CT molecular complexity index is 1400. The lowest BCUT2D eigenvalue weighted by Crippen LogP contribution is -2.56. The van der Waals surface area contributed by atoms with Crippen molar-refractivity contribution in [1.29, 1.82) is 0 Å². The summed E-state index contributed by atoms with van der Waals surface area (Å²) in [4.78, 5) is 29.3. The van der Waals surface area contributed by atoms with Gasteiger partial charge in [-0.15, -0.1) is 0 Å². The van der Waals surface area contributed by atoms with E-state index < -0.39 is 34.1 Å². The van der Waals surface area contributed by atoms with Crippen LogP contribution in [0.1, 0.15) is 37.5 Å². The van der Waals surface area contributed by atoms with Crippen molar-refractivity contribution in [1.82, 2.24) is 10.2 Å². The first-order valence-corrected chi connectivity index (χ1v) is 14.9. The van der Waals surface area contributed by atoms with Gasteiger partial charge in [0.2, 0.25) is 21.8 Å². The predicted molar refractivity (Wildman–Crippen MR) is 157 cm³/mol. The molecule has 3 rings (SSSR count). The second-order valence-corrected chi connectivity index (χ2v) is 12.9.